The predicted molar refractivity (Wildman–Crippen MR) is 538 cm³/mol. The lowest BCUT2D eigenvalue weighted by Crippen LogP contribution is -2.33. The Bertz CT molecular complexity index is 7680. The maximum Gasteiger partial charge on any atom is 0.351 e. The van der Waals surface area contributed by atoms with Crippen molar-refractivity contribution >= 4 is 221 Å². The van der Waals surface area contributed by atoms with Crippen LogP contribution in [0.15, 0.2) is 88.5 Å². The molecule has 21 N–H and O–H groups in total. The second-order valence-corrected chi connectivity index (χ2v) is 53.9. The molecule has 0 aromatic carbocycles. The van der Waals surface area contributed by atoms with Crippen LogP contribution in [0.25, 0.3) is 55.8 Å². The number of nitrogen functional groups attached to an aromatic ring is 6. The van der Waals surface area contributed by atoms with E-state index in [9.17, 15) is 53.4 Å². The summed E-state index contributed by atoms with van der Waals surface area (Å²) in [5.41, 5.74) is 35.7. The van der Waals surface area contributed by atoms with Gasteiger partial charge in [-0.15, -0.1) is 0 Å². The average molecular weight is 2330 g/mol. The van der Waals surface area contributed by atoms with Crippen molar-refractivity contribution in [2.24, 2.45) is 0 Å². The van der Waals surface area contributed by atoms with E-state index in [-0.39, 0.29) is 130 Å². The van der Waals surface area contributed by atoms with Crippen molar-refractivity contribution in [1.82, 2.24) is 117 Å². The molecule has 148 heavy (non-hydrogen) atoms. The first-order chi connectivity index (χ1) is 70.2. The predicted octanol–water partition coefficient (Wildman–Crippen LogP) is 1.78. The highest BCUT2D eigenvalue weighted by Gasteiger charge is 2.52. The first-order valence-electron chi connectivity index (χ1n) is 44.4. The van der Waals surface area contributed by atoms with Crippen LogP contribution >= 0.6 is 47.0 Å². The van der Waals surface area contributed by atoms with Crippen molar-refractivity contribution in [2.75, 3.05) is 81.2 Å². The van der Waals surface area contributed by atoms with E-state index in [1.807, 2.05) is 6.92 Å². The van der Waals surface area contributed by atoms with Gasteiger partial charge in [-0.2, -0.15) is 9.97 Å². The van der Waals surface area contributed by atoms with Crippen molar-refractivity contribution in [2.45, 2.75) is 201 Å². The van der Waals surface area contributed by atoms with Gasteiger partial charge in [-0.25, -0.2) is 74.4 Å². The Morgan fingerprint density at radius 2 is 0.595 bits per heavy atom. The molecule has 19 rings (SSSR count). The highest BCUT2D eigenvalue weighted by molar-refractivity contribution is 8.09. The van der Waals surface area contributed by atoms with Gasteiger partial charge >= 0.3 is 58.4 Å². The molecule has 14 unspecified atom stereocenters. The van der Waals surface area contributed by atoms with Crippen LogP contribution in [0.4, 0.5) is 35.0 Å². The van der Waals surface area contributed by atoms with Gasteiger partial charge < -0.3 is 165 Å². The molecule has 12 aromatic heterocycles. The van der Waals surface area contributed by atoms with E-state index in [0.29, 0.717) is 23.1 Å². The SMILES string of the molecule is CC[C@H]1O[C@@H](n2cnc3c(N)ncnc32)CC1OP(O)(=S)OC[C@H]1O[C@@H](n2cnc3c(N)ncnc32)CC1OP(O)(=S)OC[C@H]1O[C@@H](n2cnc3c(N)ncnc32)CC1OP(O)(=S)OC[C@H]1O[C@@H](n2cc(C)c(=O)[nH]c2=O)CC1OP(O)(=S)OC[C@H]1O[C@@H](n2cc(C)c(N)nc2=O)CC1OP(O)(=S)OC[C@H]1O[C@@H](n2cnc3c(N)ncnc32)CC1OP(O)(=S)OC[C@H]1O[C@@H](n2cnc3c(=O)[nH]c(N)nc32)CC1OP(O)(=S)OC. The lowest BCUT2D eigenvalue weighted by molar-refractivity contribution is -0.0573. The van der Waals surface area contributed by atoms with Gasteiger partial charge in [-0.3, -0.25) is 51.5 Å². The van der Waals surface area contributed by atoms with Gasteiger partial charge in [0.2, 0.25) is 5.95 Å². The lowest BCUT2D eigenvalue weighted by Gasteiger charge is -2.29. The molecule has 62 nitrogen and oxygen atoms in total. The zero-order chi connectivity index (χ0) is 105. The minimum Gasteiger partial charge on any atom is -0.383 e. The Hall–Kier alpha value is -7.66. The van der Waals surface area contributed by atoms with Gasteiger partial charge in [0.25, 0.3) is 11.1 Å². The molecule has 12 aromatic rings. The van der Waals surface area contributed by atoms with E-state index in [2.05, 4.69) is 84.7 Å². The monoisotopic (exact) mass is 2330 g/mol. The van der Waals surface area contributed by atoms with Crippen LogP contribution in [-0.4, -0.2) is 283 Å². The molecule has 0 aliphatic carbocycles. The van der Waals surface area contributed by atoms with E-state index >= 15 is 0 Å². The van der Waals surface area contributed by atoms with Crippen LogP contribution in [0, 0.1) is 13.8 Å². The maximum atomic E-state index is 13.7. The number of nitrogens with zero attached hydrogens (tertiary/aromatic N) is 22. The second-order valence-electron chi connectivity index (χ2n) is 34.3. The summed E-state index contributed by atoms with van der Waals surface area (Å²) >= 11 is 39.4. The normalized spacial score (nSPS) is 29.3. The van der Waals surface area contributed by atoms with E-state index in [1.54, 1.807) is 11.5 Å². The van der Waals surface area contributed by atoms with Gasteiger partial charge in [-0.1, -0.05) is 6.92 Å². The number of imidazole rings is 5. The maximum absolute atomic E-state index is 13.7. The Morgan fingerprint density at radius 3 is 0.899 bits per heavy atom. The number of hydrogen-bond donors (Lipinski definition) is 15. The molecule has 76 heteroatoms. The van der Waals surface area contributed by atoms with Crippen molar-refractivity contribution in [3.63, 3.8) is 0 Å². The van der Waals surface area contributed by atoms with E-state index < -0.39 is 238 Å². The molecule has 0 spiro atoms. The molecule has 800 valence electrons. The summed E-state index contributed by atoms with van der Waals surface area (Å²) in [6, 6.07) is 0. The van der Waals surface area contributed by atoms with Gasteiger partial charge in [0.05, 0.1) is 120 Å². The van der Waals surface area contributed by atoms with Gasteiger partial charge in [0.15, 0.2) is 57.0 Å². The molecule has 7 saturated heterocycles. The number of aromatic amines is 2. The molecular weight excluding hydrogens is 2240 g/mol. The van der Waals surface area contributed by atoms with Crippen LogP contribution < -0.4 is 56.9 Å². The Morgan fingerprint density at radius 1 is 0.331 bits per heavy atom. The minimum absolute atomic E-state index is 0.0116. The standard InChI is InChI=1S/C72H93N30O32P7S7/c1-5-32-33(6-48(121-32)98-25-87-53-59(74)79-21-83-63(53)98)129-136(108,143)115-18-43-37(10-49(124-43)99-26-88-54-60(75)80-22-84-64(54)99)134-141(113,148)120-20-45-39(12-51(126-45)101-28-90-56-62(77)82-24-86-66(56)101)133-140(112,147)118-17-42-36(8-47(123-42)97-14-31(3)68(103)95-72(97)106)131-137(109,144)117-16-41-35(7-46(122-41)96-13-30(2)58(73)92-71(96)105)130-138(110,145)119-19-44-38(11-50(125-44)100-27-89-55-61(76)81-23-85-65(55)100)132-139(111,146)116-15-40-34(128-135(107,142)114-4)9-52(127-40)102-29-91-57-67(102)93-70(78)94-69(57)104/h13-14,21-29,32-52H,5-12,15-20H2,1-4H3,(H,107,142)(H,108,143)(H,109,144)(H,110,145)(H,111,146)(H,112,147)(H,113,148)(H2,73,92,105)(H2,74,79,83)(H2,75,80,84)(H2,76,81,85)(H2,77,82,86)(H,95,103,106)(H3,78,93,94,104)/t32-,33?,34?,35?,36?,37?,38?,39?,40-,41-,42-,43-,44-,45-,46-,47-,48-,49-,50-,51-,52-,135?,136?,137?,138?,139?,140?,141?/m1/s1. The number of nitrogens with one attached hydrogen (secondary N) is 2. The molecule has 0 amide bonds. The van der Waals surface area contributed by atoms with Crippen molar-refractivity contribution in [3.8, 4) is 0 Å². The smallest absolute Gasteiger partial charge is 0.351 e. The highest BCUT2D eigenvalue weighted by atomic mass is 32.5. The summed E-state index contributed by atoms with van der Waals surface area (Å²) in [5.74, 6) is -0.0956. The van der Waals surface area contributed by atoms with Crippen molar-refractivity contribution in [1.29, 1.82) is 0 Å². The number of fused-ring (bicyclic) bond motifs is 5. The van der Waals surface area contributed by atoms with Crippen molar-refractivity contribution in [3.05, 3.63) is 122 Å². The lowest BCUT2D eigenvalue weighted by atomic mass is 10.1. The molecule has 0 bridgehead atoms. The Balaban J connectivity index is 0.535. The average Bonchev–Trinajstić information content (AvgIpc) is 1.64. The first-order valence-corrected chi connectivity index (χ1v) is 62.5. The second kappa shape index (κ2) is 43.6. The van der Waals surface area contributed by atoms with Gasteiger partial charge in [0, 0.05) is 75.6 Å². The van der Waals surface area contributed by atoms with Crippen LogP contribution in [0.3, 0.4) is 0 Å². The molecule has 7 aliphatic heterocycles. The van der Waals surface area contributed by atoms with Gasteiger partial charge in [-0.05, 0) is 103 Å². The minimum atomic E-state index is -4.75. The fraction of sp³-hybridized carbons (Fsp3) is 0.542. The summed E-state index contributed by atoms with van der Waals surface area (Å²) in [5, 5.41) is 0. The number of aromatic nitrogens is 24. The molecule has 0 radical (unpaired) electrons. The molecular formula is C72H93N30O32P7S7. The first kappa shape index (κ1) is 109. The summed E-state index contributed by atoms with van der Waals surface area (Å²) in [6.45, 7) is -30.6. The summed E-state index contributed by atoms with van der Waals surface area (Å²) in [4.78, 5) is 205. The molecule has 7 fully saturated rings. The fourth-order valence-electron chi connectivity index (χ4n) is 17.6. The Kier molecular flexibility index (Phi) is 32.0. The molecule has 19 heterocycles. The third-order valence-corrected chi connectivity index (χ3v) is 35.9. The quantitative estimate of drug-likeness (QED) is 0.0243. The number of anilines is 6. The number of H-pyrrole nitrogens is 2. The molecule has 28 atom stereocenters. The largest absolute Gasteiger partial charge is 0.383 e. The number of nitrogens with two attached hydrogens (primary N) is 6. The van der Waals surface area contributed by atoms with Gasteiger partial charge in [0.1, 0.15) is 133 Å². The van der Waals surface area contributed by atoms with E-state index in [0.717, 1.165) is 16.2 Å². The number of ether oxygens (including phenoxy) is 7. The zero-order valence-electron chi connectivity index (χ0n) is 77.0. The van der Waals surface area contributed by atoms with E-state index in [1.165, 1.54) is 94.5 Å². The van der Waals surface area contributed by atoms with Crippen LogP contribution in [0.5, 0.6) is 0 Å². The third kappa shape index (κ3) is 24.1. The number of hydrogen-bond acceptors (Lipinski definition) is 53. The van der Waals surface area contributed by atoms with E-state index in [4.69, 9.17) is 214 Å². The summed E-state index contributed by atoms with van der Waals surface area (Å²) < 4.78 is 140. The van der Waals surface area contributed by atoms with Crippen LogP contribution in [0.1, 0.15) is 113 Å². The topological polar surface area (TPSA) is 819 Å². The summed E-state index contributed by atoms with van der Waals surface area (Å²) in [6.07, 6.45) is -11.5. The number of rotatable bonds is 41. The summed E-state index contributed by atoms with van der Waals surface area (Å²) in [7, 11) is 1.13. The molecule has 7 aliphatic rings. The fourth-order valence-corrected chi connectivity index (χ4v) is 27.5. The Labute approximate surface area is 866 Å². The number of aryl methyl sites for hydroxylation is 2. The third-order valence-electron chi connectivity index (χ3n) is 24.7. The van der Waals surface area contributed by atoms with Crippen molar-refractivity contribution < 1.29 is 131 Å². The van der Waals surface area contributed by atoms with Crippen LogP contribution in [-0.2, 0) is 179 Å². The zero-order valence-corrected chi connectivity index (χ0v) is 89.0. The molecule has 0 saturated carbocycles. The van der Waals surface area contributed by atoms with Crippen LogP contribution in [0.2, 0.25) is 0 Å². The highest BCUT2D eigenvalue weighted by Crippen LogP contribution is 2.59.